The SMILES string of the molecule is CCOC(=O)C1CCN(C(=O)[C@H]2CCc3sc(C(=O)N(C)C)cc3C2)CC1. The molecular weight excluding hydrogens is 364 g/mol. The van der Waals surface area contributed by atoms with E-state index >= 15 is 0 Å². The lowest BCUT2D eigenvalue weighted by atomic mass is 9.86. The number of hydrogen-bond acceptors (Lipinski definition) is 5. The van der Waals surface area contributed by atoms with Crippen molar-refractivity contribution in [1.29, 1.82) is 0 Å². The Kier molecular flexibility index (Phi) is 6.19. The van der Waals surface area contributed by atoms with Crippen molar-refractivity contribution in [3.8, 4) is 0 Å². The number of thiophene rings is 1. The molecule has 6 nitrogen and oxygen atoms in total. The van der Waals surface area contributed by atoms with E-state index < -0.39 is 0 Å². The molecule has 0 bridgehead atoms. The predicted octanol–water partition coefficient (Wildman–Crippen LogP) is 2.36. The number of carbonyl (C=O) groups is 3. The topological polar surface area (TPSA) is 66.9 Å². The molecule has 1 atom stereocenters. The third-order valence-corrected chi connectivity index (χ3v) is 6.70. The Morgan fingerprint density at radius 3 is 2.52 bits per heavy atom. The van der Waals surface area contributed by atoms with Gasteiger partial charge in [0.25, 0.3) is 5.91 Å². The monoisotopic (exact) mass is 392 g/mol. The van der Waals surface area contributed by atoms with Crippen LogP contribution in [0.4, 0.5) is 0 Å². The lowest BCUT2D eigenvalue weighted by Gasteiger charge is -2.34. The second-order valence-corrected chi connectivity index (χ2v) is 8.69. The molecule has 1 saturated heterocycles. The summed E-state index contributed by atoms with van der Waals surface area (Å²) in [7, 11) is 3.51. The van der Waals surface area contributed by atoms with Gasteiger partial charge in [0.05, 0.1) is 17.4 Å². The first kappa shape index (κ1) is 19.9. The van der Waals surface area contributed by atoms with Crippen molar-refractivity contribution in [1.82, 2.24) is 9.80 Å². The highest BCUT2D eigenvalue weighted by Gasteiger charge is 2.34. The molecule has 0 saturated carbocycles. The summed E-state index contributed by atoms with van der Waals surface area (Å²) in [4.78, 5) is 42.5. The molecule has 1 aliphatic carbocycles. The third-order valence-electron chi connectivity index (χ3n) is 5.48. The molecule has 0 unspecified atom stereocenters. The number of carbonyl (C=O) groups excluding carboxylic acids is 3. The molecule has 0 radical (unpaired) electrons. The number of ether oxygens (including phenoxy) is 1. The van der Waals surface area contributed by atoms with Gasteiger partial charge in [0.15, 0.2) is 0 Å². The Hall–Kier alpha value is -1.89. The Balaban J connectivity index is 1.58. The van der Waals surface area contributed by atoms with Crippen LogP contribution in [0.15, 0.2) is 6.07 Å². The molecular formula is C20H28N2O4S. The molecule has 1 fully saturated rings. The van der Waals surface area contributed by atoms with Crippen molar-refractivity contribution in [3.63, 3.8) is 0 Å². The molecule has 2 amide bonds. The number of piperidine rings is 1. The quantitative estimate of drug-likeness (QED) is 0.738. The zero-order valence-electron chi connectivity index (χ0n) is 16.3. The normalized spacial score (nSPS) is 20.1. The van der Waals surface area contributed by atoms with Crippen LogP contribution < -0.4 is 0 Å². The highest BCUT2D eigenvalue weighted by molar-refractivity contribution is 7.14. The van der Waals surface area contributed by atoms with Crippen LogP contribution in [-0.2, 0) is 27.2 Å². The van der Waals surface area contributed by atoms with Crippen LogP contribution in [0.3, 0.4) is 0 Å². The molecule has 2 heterocycles. The van der Waals surface area contributed by atoms with Crippen molar-refractivity contribution in [2.24, 2.45) is 11.8 Å². The maximum Gasteiger partial charge on any atom is 0.309 e. The highest BCUT2D eigenvalue weighted by Crippen LogP contribution is 2.34. The van der Waals surface area contributed by atoms with Gasteiger partial charge in [-0.15, -0.1) is 11.3 Å². The Bertz CT molecular complexity index is 720. The Morgan fingerprint density at radius 1 is 1.19 bits per heavy atom. The molecule has 0 N–H and O–H groups in total. The van der Waals surface area contributed by atoms with Crippen molar-refractivity contribution >= 4 is 29.1 Å². The van der Waals surface area contributed by atoms with E-state index in [9.17, 15) is 14.4 Å². The number of aryl methyl sites for hydroxylation is 1. The van der Waals surface area contributed by atoms with E-state index in [-0.39, 0.29) is 29.6 Å². The van der Waals surface area contributed by atoms with Gasteiger partial charge in [-0.1, -0.05) is 0 Å². The zero-order chi connectivity index (χ0) is 19.6. The number of likely N-dealkylation sites (tertiary alicyclic amines) is 1. The summed E-state index contributed by atoms with van der Waals surface area (Å²) in [6, 6.07) is 1.97. The summed E-state index contributed by atoms with van der Waals surface area (Å²) < 4.78 is 5.10. The smallest absolute Gasteiger partial charge is 0.309 e. The van der Waals surface area contributed by atoms with Gasteiger partial charge in [0.2, 0.25) is 5.91 Å². The van der Waals surface area contributed by atoms with E-state index in [1.807, 2.05) is 17.9 Å². The van der Waals surface area contributed by atoms with Crippen LogP contribution in [0.2, 0.25) is 0 Å². The van der Waals surface area contributed by atoms with Crippen LogP contribution in [0.5, 0.6) is 0 Å². The van der Waals surface area contributed by atoms with Gasteiger partial charge in [-0.25, -0.2) is 0 Å². The van der Waals surface area contributed by atoms with Crippen LogP contribution >= 0.6 is 11.3 Å². The molecule has 0 aromatic carbocycles. The van der Waals surface area contributed by atoms with E-state index in [0.29, 0.717) is 39.0 Å². The maximum atomic E-state index is 13.0. The average molecular weight is 393 g/mol. The lowest BCUT2D eigenvalue weighted by molar-refractivity contribution is -0.151. The van der Waals surface area contributed by atoms with Gasteiger partial charge in [-0.3, -0.25) is 14.4 Å². The Morgan fingerprint density at radius 2 is 1.89 bits per heavy atom. The lowest BCUT2D eigenvalue weighted by Crippen LogP contribution is -2.44. The number of fused-ring (bicyclic) bond motifs is 1. The minimum absolute atomic E-state index is 0.0199. The largest absolute Gasteiger partial charge is 0.466 e. The van der Waals surface area contributed by atoms with Gasteiger partial charge in [-0.2, -0.15) is 0 Å². The van der Waals surface area contributed by atoms with Crippen LogP contribution in [0, 0.1) is 11.8 Å². The van der Waals surface area contributed by atoms with Crippen molar-refractivity contribution in [2.45, 2.75) is 39.0 Å². The van der Waals surface area contributed by atoms with E-state index in [1.165, 1.54) is 4.88 Å². The van der Waals surface area contributed by atoms with E-state index in [2.05, 4.69) is 0 Å². The summed E-state index contributed by atoms with van der Waals surface area (Å²) in [5.41, 5.74) is 1.15. The number of esters is 1. The fraction of sp³-hybridized carbons (Fsp3) is 0.650. The molecule has 1 aliphatic heterocycles. The fourth-order valence-corrected chi connectivity index (χ4v) is 5.14. The summed E-state index contributed by atoms with van der Waals surface area (Å²) in [6.45, 7) is 3.47. The predicted molar refractivity (Wildman–Crippen MR) is 104 cm³/mol. The molecule has 2 aliphatic rings. The molecule has 1 aromatic heterocycles. The van der Waals surface area contributed by atoms with Gasteiger partial charge in [0, 0.05) is 38.0 Å². The minimum Gasteiger partial charge on any atom is -0.466 e. The van der Waals surface area contributed by atoms with Crippen molar-refractivity contribution in [2.75, 3.05) is 33.8 Å². The zero-order valence-corrected chi connectivity index (χ0v) is 17.1. The molecule has 27 heavy (non-hydrogen) atoms. The number of rotatable bonds is 4. The highest BCUT2D eigenvalue weighted by atomic mass is 32.1. The number of nitrogens with zero attached hydrogens (tertiary/aromatic N) is 2. The summed E-state index contributed by atoms with van der Waals surface area (Å²) in [6.07, 6.45) is 3.77. The standard InChI is InChI=1S/C20H28N2O4S/c1-4-26-20(25)13-7-9-22(10-8-13)18(23)14-5-6-16-15(11-14)12-17(27-16)19(24)21(2)3/h12-14H,4-11H2,1-3H3/t14-/m0/s1. The van der Waals surface area contributed by atoms with E-state index in [1.54, 1.807) is 30.3 Å². The van der Waals surface area contributed by atoms with Crippen LogP contribution in [-0.4, -0.2) is 61.4 Å². The average Bonchev–Trinajstić information content (AvgIpc) is 3.10. The second-order valence-electron chi connectivity index (χ2n) is 7.55. The molecule has 148 valence electrons. The summed E-state index contributed by atoms with van der Waals surface area (Å²) in [5.74, 6) is -0.0202. The van der Waals surface area contributed by atoms with E-state index in [4.69, 9.17) is 4.74 Å². The summed E-state index contributed by atoms with van der Waals surface area (Å²) in [5, 5.41) is 0. The number of hydrogen-bond donors (Lipinski definition) is 0. The first-order valence-corrected chi connectivity index (χ1v) is 10.5. The van der Waals surface area contributed by atoms with Gasteiger partial charge in [-0.05, 0) is 50.7 Å². The molecule has 0 spiro atoms. The minimum atomic E-state index is -0.136. The Labute approximate surface area is 164 Å². The van der Waals surface area contributed by atoms with Crippen molar-refractivity contribution in [3.05, 3.63) is 21.4 Å². The third kappa shape index (κ3) is 4.34. The van der Waals surface area contributed by atoms with Crippen LogP contribution in [0.1, 0.15) is 46.3 Å². The second kappa shape index (κ2) is 8.42. The maximum absolute atomic E-state index is 13.0. The summed E-state index contributed by atoms with van der Waals surface area (Å²) >= 11 is 1.56. The van der Waals surface area contributed by atoms with Crippen LogP contribution in [0.25, 0.3) is 0 Å². The molecule has 7 heteroatoms. The number of amides is 2. The van der Waals surface area contributed by atoms with Gasteiger partial charge < -0.3 is 14.5 Å². The molecule has 3 rings (SSSR count). The van der Waals surface area contributed by atoms with Gasteiger partial charge >= 0.3 is 5.97 Å². The first-order valence-electron chi connectivity index (χ1n) is 9.69. The molecule has 1 aromatic rings. The van der Waals surface area contributed by atoms with E-state index in [0.717, 1.165) is 23.3 Å². The van der Waals surface area contributed by atoms with Gasteiger partial charge in [0.1, 0.15) is 0 Å². The first-order chi connectivity index (χ1) is 12.9. The van der Waals surface area contributed by atoms with Crippen molar-refractivity contribution < 1.29 is 19.1 Å². The fourth-order valence-electron chi connectivity index (χ4n) is 3.91.